The van der Waals surface area contributed by atoms with E-state index in [1.807, 2.05) is 6.92 Å². The molecule has 1 saturated heterocycles. The number of ether oxygens (including phenoxy) is 1. The summed E-state index contributed by atoms with van der Waals surface area (Å²) >= 11 is 0. The Morgan fingerprint density at radius 2 is 2.12 bits per heavy atom. The van der Waals surface area contributed by atoms with E-state index in [9.17, 15) is 9.18 Å². The van der Waals surface area contributed by atoms with E-state index in [1.54, 1.807) is 24.0 Å². The van der Waals surface area contributed by atoms with E-state index >= 15 is 0 Å². The van der Waals surface area contributed by atoms with E-state index in [4.69, 9.17) is 9.26 Å². The SMILES string of the molecule is Cc1noc([C@@H]2[C@@H](C)OCCN2C(=O)CCc2ccc(F)cc2)n1. The topological polar surface area (TPSA) is 68.5 Å². The quantitative estimate of drug-likeness (QED) is 0.859. The van der Waals surface area contributed by atoms with Crippen LogP contribution < -0.4 is 0 Å². The van der Waals surface area contributed by atoms with Crippen LogP contribution in [0.5, 0.6) is 0 Å². The van der Waals surface area contributed by atoms with Gasteiger partial charge in [-0.3, -0.25) is 4.79 Å². The fourth-order valence-electron chi connectivity index (χ4n) is 2.91. The second-order valence-electron chi connectivity index (χ2n) is 5.91. The Hall–Kier alpha value is -2.28. The summed E-state index contributed by atoms with van der Waals surface area (Å²) in [6.07, 6.45) is 0.677. The molecule has 1 aliphatic heterocycles. The summed E-state index contributed by atoms with van der Waals surface area (Å²) in [6.45, 7) is 4.59. The predicted octanol–water partition coefficient (Wildman–Crippen LogP) is 2.44. The van der Waals surface area contributed by atoms with Crippen LogP contribution >= 0.6 is 0 Å². The van der Waals surface area contributed by atoms with Crippen molar-refractivity contribution < 1.29 is 18.4 Å². The smallest absolute Gasteiger partial charge is 0.252 e. The van der Waals surface area contributed by atoms with Crippen molar-refractivity contribution in [1.29, 1.82) is 0 Å². The summed E-state index contributed by atoms with van der Waals surface area (Å²) < 4.78 is 23.8. The second-order valence-corrected chi connectivity index (χ2v) is 5.91. The molecule has 0 N–H and O–H groups in total. The summed E-state index contributed by atoms with van der Waals surface area (Å²) in [6, 6.07) is 5.83. The molecule has 3 rings (SSSR count). The van der Waals surface area contributed by atoms with Crippen molar-refractivity contribution >= 4 is 5.91 Å². The number of benzene rings is 1. The zero-order valence-electron chi connectivity index (χ0n) is 13.7. The maximum Gasteiger partial charge on any atom is 0.252 e. The number of nitrogens with zero attached hydrogens (tertiary/aromatic N) is 3. The lowest BCUT2D eigenvalue weighted by molar-refractivity contribution is -0.147. The molecule has 128 valence electrons. The number of halogens is 1. The fourth-order valence-corrected chi connectivity index (χ4v) is 2.91. The van der Waals surface area contributed by atoms with E-state index in [0.29, 0.717) is 37.7 Å². The van der Waals surface area contributed by atoms with Gasteiger partial charge in [0.05, 0.1) is 12.7 Å². The highest BCUT2D eigenvalue weighted by atomic mass is 19.1. The van der Waals surface area contributed by atoms with Crippen LogP contribution in [0.4, 0.5) is 4.39 Å². The summed E-state index contributed by atoms with van der Waals surface area (Å²) in [5.41, 5.74) is 0.927. The standard InChI is InChI=1S/C17H20FN3O3/c1-11-16(17-19-12(2)20-24-17)21(9-10-23-11)15(22)8-5-13-3-6-14(18)7-4-13/h3-4,6-7,11,16H,5,8-10H2,1-2H3/t11-,16+/m1/s1. The Morgan fingerprint density at radius 1 is 1.38 bits per heavy atom. The zero-order valence-corrected chi connectivity index (χ0v) is 13.7. The van der Waals surface area contributed by atoms with Crippen LogP contribution in [-0.4, -0.2) is 40.2 Å². The first kappa shape index (κ1) is 16.6. The lowest BCUT2D eigenvalue weighted by Gasteiger charge is -2.37. The van der Waals surface area contributed by atoms with Crippen molar-refractivity contribution in [3.63, 3.8) is 0 Å². The molecule has 2 aromatic rings. The van der Waals surface area contributed by atoms with Gasteiger partial charge in [0.25, 0.3) is 5.89 Å². The number of morpholine rings is 1. The predicted molar refractivity (Wildman–Crippen MR) is 83.6 cm³/mol. The van der Waals surface area contributed by atoms with E-state index in [2.05, 4.69) is 10.1 Å². The van der Waals surface area contributed by atoms with Crippen molar-refractivity contribution in [1.82, 2.24) is 15.0 Å². The Morgan fingerprint density at radius 3 is 2.79 bits per heavy atom. The number of hydrogen-bond donors (Lipinski definition) is 0. The van der Waals surface area contributed by atoms with Gasteiger partial charge in [0.2, 0.25) is 5.91 Å². The van der Waals surface area contributed by atoms with Gasteiger partial charge in [0.1, 0.15) is 11.9 Å². The molecule has 2 atom stereocenters. The molecular weight excluding hydrogens is 313 g/mol. The third-order valence-electron chi connectivity index (χ3n) is 4.15. The van der Waals surface area contributed by atoms with Crippen LogP contribution in [0.1, 0.15) is 36.7 Å². The van der Waals surface area contributed by atoms with E-state index in [1.165, 1.54) is 12.1 Å². The number of rotatable bonds is 4. The van der Waals surface area contributed by atoms with Gasteiger partial charge in [-0.2, -0.15) is 4.98 Å². The molecule has 1 aromatic carbocycles. The first-order valence-corrected chi connectivity index (χ1v) is 8.00. The van der Waals surface area contributed by atoms with E-state index < -0.39 is 0 Å². The maximum absolute atomic E-state index is 12.9. The molecule has 0 bridgehead atoms. The molecule has 0 saturated carbocycles. The Labute approximate surface area is 139 Å². The summed E-state index contributed by atoms with van der Waals surface area (Å²) in [5, 5.41) is 3.81. The number of aryl methyl sites for hydroxylation is 2. The highest BCUT2D eigenvalue weighted by Gasteiger charge is 2.37. The van der Waals surface area contributed by atoms with Crippen LogP contribution in [0.25, 0.3) is 0 Å². The molecule has 0 unspecified atom stereocenters. The van der Waals surface area contributed by atoms with Gasteiger partial charge in [0.15, 0.2) is 5.82 Å². The third kappa shape index (κ3) is 3.62. The minimum atomic E-state index is -0.374. The summed E-state index contributed by atoms with van der Waals surface area (Å²) in [5.74, 6) is 0.644. The molecule has 24 heavy (non-hydrogen) atoms. The lowest BCUT2D eigenvalue weighted by atomic mass is 10.1. The van der Waals surface area contributed by atoms with Gasteiger partial charge in [-0.15, -0.1) is 0 Å². The number of carbonyl (C=O) groups is 1. The second kappa shape index (κ2) is 7.09. The molecule has 1 fully saturated rings. The van der Waals surface area contributed by atoms with Crippen LogP contribution in [0, 0.1) is 12.7 Å². The summed E-state index contributed by atoms with van der Waals surface area (Å²) in [7, 11) is 0. The van der Waals surface area contributed by atoms with Gasteiger partial charge in [-0.25, -0.2) is 4.39 Å². The molecular formula is C17H20FN3O3. The minimum absolute atomic E-state index is 0.00433. The summed E-state index contributed by atoms with van der Waals surface area (Å²) in [4.78, 5) is 18.7. The van der Waals surface area contributed by atoms with E-state index in [-0.39, 0.29) is 23.9 Å². The van der Waals surface area contributed by atoms with Crippen LogP contribution in [-0.2, 0) is 16.0 Å². The molecule has 1 amide bonds. The molecule has 6 nitrogen and oxygen atoms in total. The molecule has 2 heterocycles. The molecule has 0 radical (unpaired) electrons. The highest BCUT2D eigenvalue weighted by molar-refractivity contribution is 5.77. The Bertz CT molecular complexity index is 701. The third-order valence-corrected chi connectivity index (χ3v) is 4.15. The van der Waals surface area contributed by atoms with Gasteiger partial charge < -0.3 is 14.2 Å². The normalized spacial score (nSPS) is 21.0. The van der Waals surface area contributed by atoms with E-state index in [0.717, 1.165) is 5.56 Å². The first-order valence-electron chi connectivity index (χ1n) is 8.00. The van der Waals surface area contributed by atoms with Crippen molar-refractivity contribution in [3.8, 4) is 0 Å². The van der Waals surface area contributed by atoms with Gasteiger partial charge >= 0.3 is 0 Å². The van der Waals surface area contributed by atoms with Gasteiger partial charge in [-0.05, 0) is 38.0 Å². The molecule has 1 aliphatic rings. The van der Waals surface area contributed by atoms with Gasteiger partial charge in [-0.1, -0.05) is 17.3 Å². The molecule has 7 heteroatoms. The Balaban J connectivity index is 1.70. The van der Waals surface area contributed by atoms with Gasteiger partial charge in [0, 0.05) is 13.0 Å². The number of amides is 1. The zero-order chi connectivity index (χ0) is 17.1. The van der Waals surface area contributed by atoms with Crippen LogP contribution in [0.2, 0.25) is 0 Å². The average Bonchev–Trinajstić information content (AvgIpc) is 3.00. The number of hydrogen-bond acceptors (Lipinski definition) is 5. The largest absolute Gasteiger partial charge is 0.374 e. The minimum Gasteiger partial charge on any atom is -0.374 e. The van der Waals surface area contributed by atoms with Crippen molar-refractivity contribution in [2.45, 2.75) is 38.8 Å². The Kier molecular flexibility index (Phi) is 4.89. The number of aromatic nitrogens is 2. The first-order chi connectivity index (χ1) is 11.5. The molecule has 1 aromatic heterocycles. The maximum atomic E-state index is 12.9. The fraction of sp³-hybridized carbons (Fsp3) is 0.471. The van der Waals surface area contributed by atoms with Crippen LogP contribution in [0.15, 0.2) is 28.8 Å². The van der Waals surface area contributed by atoms with Crippen molar-refractivity contribution in [3.05, 3.63) is 47.4 Å². The van der Waals surface area contributed by atoms with Crippen molar-refractivity contribution in [2.75, 3.05) is 13.2 Å². The van der Waals surface area contributed by atoms with Crippen molar-refractivity contribution in [2.24, 2.45) is 0 Å². The molecule has 0 spiro atoms. The van der Waals surface area contributed by atoms with Crippen LogP contribution in [0.3, 0.4) is 0 Å². The average molecular weight is 333 g/mol. The molecule has 0 aliphatic carbocycles. The highest BCUT2D eigenvalue weighted by Crippen LogP contribution is 2.29. The lowest BCUT2D eigenvalue weighted by Crippen LogP contribution is -2.47. The number of carbonyl (C=O) groups excluding carboxylic acids is 1. The monoisotopic (exact) mass is 333 g/mol.